The molecule has 4 heteroatoms. The Labute approximate surface area is 133 Å². The number of benzene rings is 1. The summed E-state index contributed by atoms with van der Waals surface area (Å²) in [6.45, 7) is 1.98. The normalized spacial score (nSPS) is 12.2. The van der Waals surface area contributed by atoms with Gasteiger partial charge in [-0.2, -0.15) is 0 Å². The lowest BCUT2D eigenvalue weighted by molar-refractivity contribution is 1.35. The Balaban J connectivity index is 2.06. The van der Waals surface area contributed by atoms with Crippen LogP contribution in [0.3, 0.4) is 0 Å². The number of nitrogens with one attached hydrogen (secondary N) is 2. The first-order valence-electron chi connectivity index (χ1n) is 6.23. The molecule has 0 bridgehead atoms. The predicted octanol–water partition coefficient (Wildman–Crippen LogP) is 5.03. The van der Waals surface area contributed by atoms with E-state index in [1.807, 2.05) is 13.1 Å². The average molecular weight is 394 g/mol. The molecule has 0 aliphatic heterocycles. The monoisotopic (exact) mass is 394 g/mol. The SMILES string of the molecule is C=Ic1ccc(-c2cc3c(/C=C(\C)S)c[nH]c3[nH]2)cc1. The van der Waals surface area contributed by atoms with Crippen LogP contribution in [0.4, 0.5) is 0 Å². The van der Waals surface area contributed by atoms with Crippen molar-refractivity contribution in [2.75, 3.05) is 0 Å². The number of aromatic amines is 2. The third-order valence-electron chi connectivity index (χ3n) is 3.17. The van der Waals surface area contributed by atoms with Gasteiger partial charge in [0, 0.05) is 26.4 Å². The van der Waals surface area contributed by atoms with E-state index in [2.05, 4.69) is 63.5 Å². The Bertz CT molecular complexity index is 790. The second-order valence-corrected chi connectivity index (χ2v) is 7.36. The zero-order valence-electron chi connectivity index (χ0n) is 11.1. The molecule has 0 aliphatic rings. The van der Waals surface area contributed by atoms with Crippen LogP contribution >= 0.6 is 33.4 Å². The minimum Gasteiger partial charge on any atom is -0.347 e. The molecule has 0 saturated heterocycles. The van der Waals surface area contributed by atoms with E-state index in [1.165, 1.54) is 14.5 Å². The number of hydrogen-bond acceptors (Lipinski definition) is 1. The first kappa shape index (κ1) is 13.7. The topological polar surface area (TPSA) is 31.6 Å². The summed E-state index contributed by atoms with van der Waals surface area (Å²) in [7, 11) is 0. The maximum Gasteiger partial charge on any atom is 0.115 e. The first-order valence-corrected chi connectivity index (χ1v) is 9.28. The van der Waals surface area contributed by atoms with Gasteiger partial charge in [0.05, 0.1) is 0 Å². The Morgan fingerprint density at radius 1 is 1.30 bits per heavy atom. The molecule has 2 heterocycles. The summed E-state index contributed by atoms with van der Waals surface area (Å²) < 4.78 is 5.37. The Morgan fingerprint density at radius 2 is 2.05 bits per heavy atom. The van der Waals surface area contributed by atoms with Crippen LogP contribution in [0.25, 0.3) is 28.4 Å². The molecule has 2 N–H and O–H groups in total. The molecular formula is C16H15IN2S. The fraction of sp³-hybridized carbons (Fsp3) is 0.0625. The highest BCUT2D eigenvalue weighted by Crippen LogP contribution is 2.28. The summed E-state index contributed by atoms with van der Waals surface area (Å²) in [6.07, 6.45) is 4.07. The van der Waals surface area contributed by atoms with Gasteiger partial charge in [0.25, 0.3) is 0 Å². The van der Waals surface area contributed by atoms with Crippen molar-refractivity contribution in [3.8, 4) is 11.3 Å². The molecule has 0 aliphatic carbocycles. The van der Waals surface area contributed by atoms with Crippen LogP contribution in [0, 0.1) is 3.57 Å². The van der Waals surface area contributed by atoms with Gasteiger partial charge in [-0.3, -0.25) is 0 Å². The lowest BCUT2D eigenvalue weighted by Crippen LogP contribution is -1.78. The summed E-state index contributed by atoms with van der Waals surface area (Å²) in [5.41, 5.74) is 4.55. The van der Waals surface area contributed by atoms with Crippen molar-refractivity contribution in [2.45, 2.75) is 6.92 Å². The third kappa shape index (κ3) is 2.62. The van der Waals surface area contributed by atoms with Gasteiger partial charge in [-0.1, -0.05) is 37.4 Å². The minimum atomic E-state index is -0.0823. The molecule has 0 amide bonds. The molecular weight excluding hydrogens is 379 g/mol. The molecule has 2 nitrogen and oxygen atoms in total. The standard InChI is InChI=1S/C16H15IN2S/c1-10(20)7-12-9-18-16-14(12)8-15(19-16)11-3-5-13(17-2)6-4-11/h3-9,18-20H,2H2,1H3/b10-7+. The van der Waals surface area contributed by atoms with Crippen LogP contribution in [0.5, 0.6) is 0 Å². The highest BCUT2D eigenvalue weighted by Gasteiger charge is 2.07. The highest BCUT2D eigenvalue weighted by atomic mass is 127. The first-order chi connectivity index (χ1) is 9.67. The second kappa shape index (κ2) is 5.61. The van der Waals surface area contributed by atoms with Gasteiger partial charge in [-0.05, 0) is 41.7 Å². The van der Waals surface area contributed by atoms with Crippen LogP contribution in [0.1, 0.15) is 12.5 Å². The van der Waals surface area contributed by atoms with Crippen LogP contribution < -0.4 is 0 Å². The fourth-order valence-corrected chi connectivity index (χ4v) is 3.25. The molecule has 0 fully saturated rings. The van der Waals surface area contributed by atoms with Gasteiger partial charge in [-0.15, -0.1) is 12.6 Å². The van der Waals surface area contributed by atoms with E-state index in [-0.39, 0.29) is 20.7 Å². The van der Waals surface area contributed by atoms with E-state index < -0.39 is 0 Å². The number of halogens is 1. The molecule has 3 aromatic rings. The van der Waals surface area contributed by atoms with Gasteiger partial charge >= 0.3 is 0 Å². The molecule has 2 aromatic heterocycles. The van der Waals surface area contributed by atoms with Crippen molar-refractivity contribution in [3.05, 3.63) is 50.6 Å². The van der Waals surface area contributed by atoms with E-state index in [0.29, 0.717) is 0 Å². The summed E-state index contributed by atoms with van der Waals surface area (Å²) in [5.74, 6) is 0. The maximum absolute atomic E-state index is 4.34. The largest absolute Gasteiger partial charge is 0.347 e. The van der Waals surface area contributed by atoms with E-state index in [9.17, 15) is 0 Å². The molecule has 20 heavy (non-hydrogen) atoms. The van der Waals surface area contributed by atoms with Gasteiger partial charge in [0.15, 0.2) is 0 Å². The van der Waals surface area contributed by atoms with Crippen LogP contribution in [-0.2, 0) is 0 Å². The van der Waals surface area contributed by atoms with Gasteiger partial charge in [0.2, 0.25) is 0 Å². The summed E-state index contributed by atoms with van der Waals surface area (Å²) >= 11 is 4.26. The van der Waals surface area contributed by atoms with Gasteiger partial charge < -0.3 is 9.97 Å². The molecule has 0 radical (unpaired) electrons. The van der Waals surface area contributed by atoms with Crippen LogP contribution in [0.15, 0.2) is 41.4 Å². The van der Waals surface area contributed by atoms with Crippen LogP contribution in [-0.4, -0.2) is 14.5 Å². The molecule has 0 unspecified atom stereocenters. The maximum atomic E-state index is 4.34. The number of H-pyrrole nitrogens is 2. The van der Waals surface area contributed by atoms with Crippen molar-refractivity contribution >= 4 is 55.0 Å². The van der Waals surface area contributed by atoms with Crippen molar-refractivity contribution in [2.24, 2.45) is 0 Å². The smallest absolute Gasteiger partial charge is 0.115 e. The lowest BCUT2D eigenvalue weighted by Gasteiger charge is -1.98. The predicted molar refractivity (Wildman–Crippen MR) is 101 cm³/mol. The number of fused-ring (bicyclic) bond motifs is 1. The fourth-order valence-electron chi connectivity index (χ4n) is 2.24. The molecule has 1 aromatic carbocycles. The van der Waals surface area contributed by atoms with Crippen molar-refractivity contribution in [1.82, 2.24) is 9.97 Å². The zero-order chi connectivity index (χ0) is 14.1. The highest BCUT2D eigenvalue weighted by molar-refractivity contribution is 14.2. The molecule has 0 atom stereocenters. The Kier molecular flexibility index (Phi) is 3.85. The number of aromatic nitrogens is 2. The Hall–Kier alpha value is -1.27. The van der Waals surface area contributed by atoms with E-state index in [4.69, 9.17) is 0 Å². The third-order valence-corrected chi connectivity index (χ3v) is 4.90. The quantitative estimate of drug-likeness (QED) is 0.412. The average Bonchev–Trinajstić information content (AvgIpc) is 3.01. The molecule has 3 rings (SSSR count). The molecule has 102 valence electrons. The number of thiol groups is 1. The van der Waals surface area contributed by atoms with Gasteiger partial charge in [-0.25, -0.2) is 0 Å². The van der Waals surface area contributed by atoms with E-state index >= 15 is 0 Å². The second-order valence-electron chi connectivity index (χ2n) is 4.64. The Morgan fingerprint density at radius 3 is 2.70 bits per heavy atom. The summed E-state index contributed by atoms with van der Waals surface area (Å²) in [4.78, 5) is 7.69. The zero-order valence-corrected chi connectivity index (χ0v) is 14.1. The number of allylic oxidation sites excluding steroid dienone is 1. The number of rotatable bonds is 3. The van der Waals surface area contributed by atoms with Crippen molar-refractivity contribution in [3.63, 3.8) is 0 Å². The minimum absolute atomic E-state index is 0.0823. The number of hydrogen-bond donors (Lipinski definition) is 3. The van der Waals surface area contributed by atoms with Crippen LogP contribution in [0.2, 0.25) is 0 Å². The van der Waals surface area contributed by atoms with Gasteiger partial charge in [0.1, 0.15) is 5.65 Å². The summed E-state index contributed by atoms with van der Waals surface area (Å²) in [5, 5.41) is 1.20. The van der Waals surface area contributed by atoms with E-state index in [0.717, 1.165) is 21.8 Å². The summed E-state index contributed by atoms with van der Waals surface area (Å²) in [6, 6.07) is 10.8. The molecule has 0 saturated carbocycles. The van der Waals surface area contributed by atoms with Crippen molar-refractivity contribution in [1.29, 1.82) is 0 Å². The van der Waals surface area contributed by atoms with E-state index in [1.54, 1.807) is 0 Å². The molecule has 0 spiro atoms. The lowest BCUT2D eigenvalue weighted by atomic mass is 10.1. The van der Waals surface area contributed by atoms with Crippen molar-refractivity contribution < 1.29 is 0 Å².